The van der Waals surface area contributed by atoms with E-state index in [4.69, 9.17) is 5.73 Å². The summed E-state index contributed by atoms with van der Waals surface area (Å²) >= 11 is 0. The van der Waals surface area contributed by atoms with Gasteiger partial charge in [-0.2, -0.15) is 0 Å². The number of rotatable bonds is 3. The Kier molecular flexibility index (Phi) is 4.37. The van der Waals surface area contributed by atoms with E-state index in [2.05, 4.69) is 5.32 Å². The summed E-state index contributed by atoms with van der Waals surface area (Å²) in [6.07, 6.45) is 3.16. The molecule has 0 bridgehead atoms. The number of primary amides is 1. The van der Waals surface area contributed by atoms with Crippen molar-refractivity contribution < 1.29 is 9.18 Å². The van der Waals surface area contributed by atoms with Gasteiger partial charge in [0, 0.05) is 18.8 Å². The van der Waals surface area contributed by atoms with Crippen LogP contribution in [0.5, 0.6) is 0 Å². The van der Waals surface area contributed by atoms with Crippen LogP contribution in [-0.4, -0.2) is 32.1 Å². The fourth-order valence-corrected chi connectivity index (χ4v) is 2.60. The zero-order valence-electron chi connectivity index (χ0n) is 11.2. The molecule has 5 heteroatoms. The smallest absolute Gasteiger partial charge is 0.250 e. The molecule has 1 atom stereocenters. The fraction of sp³-hybridized carbons (Fsp3) is 0.500. The molecule has 0 saturated carbocycles. The van der Waals surface area contributed by atoms with Gasteiger partial charge in [0.2, 0.25) is 0 Å². The second kappa shape index (κ2) is 6.02. The molecule has 1 aliphatic rings. The van der Waals surface area contributed by atoms with Crippen LogP contribution < -0.4 is 16.0 Å². The lowest BCUT2D eigenvalue weighted by atomic mass is 10.0. The molecule has 0 aromatic heterocycles. The number of halogens is 1. The number of benzene rings is 1. The quantitative estimate of drug-likeness (QED) is 0.871. The minimum absolute atomic E-state index is 0.250. The van der Waals surface area contributed by atoms with Crippen LogP contribution in [0.25, 0.3) is 0 Å². The Morgan fingerprint density at radius 2 is 2.21 bits per heavy atom. The molecule has 104 valence electrons. The van der Waals surface area contributed by atoms with Crippen LogP contribution in [0, 0.1) is 5.82 Å². The van der Waals surface area contributed by atoms with Gasteiger partial charge in [-0.1, -0.05) is 0 Å². The van der Waals surface area contributed by atoms with Gasteiger partial charge in [-0.25, -0.2) is 4.39 Å². The molecule has 1 aromatic carbocycles. The first-order chi connectivity index (χ1) is 9.09. The highest BCUT2D eigenvalue weighted by Gasteiger charge is 2.21. The molecule has 2 rings (SSSR count). The van der Waals surface area contributed by atoms with E-state index in [9.17, 15) is 9.18 Å². The van der Waals surface area contributed by atoms with E-state index in [1.807, 2.05) is 11.9 Å². The zero-order chi connectivity index (χ0) is 13.8. The van der Waals surface area contributed by atoms with Crippen molar-refractivity contribution in [1.82, 2.24) is 5.32 Å². The van der Waals surface area contributed by atoms with Crippen LogP contribution in [-0.2, 0) is 0 Å². The predicted molar refractivity (Wildman–Crippen MR) is 73.8 cm³/mol. The number of nitrogens with zero attached hydrogens (tertiary/aromatic N) is 1. The SMILES string of the molecule is CN(c1ccc(F)cc1C(N)=O)C1CCCNCC1. The second-order valence-corrected chi connectivity index (χ2v) is 4.97. The summed E-state index contributed by atoms with van der Waals surface area (Å²) in [6, 6.07) is 4.56. The molecule has 1 unspecified atom stereocenters. The molecule has 3 N–H and O–H groups in total. The molecule has 1 aromatic rings. The number of anilines is 1. The Morgan fingerprint density at radius 1 is 1.42 bits per heavy atom. The maximum Gasteiger partial charge on any atom is 0.250 e. The minimum atomic E-state index is -0.590. The van der Waals surface area contributed by atoms with Crippen LogP contribution in [0.4, 0.5) is 10.1 Å². The average Bonchev–Trinajstić information content (AvgIpc) is 2.66. The zero-order valence-corrected chi connectivity index (χ0v) is 11.2. The number of carbonyl (C=O) groups excluding carboxylic acids is 1. The molecular formula is C14H20FN3O. The van der Waals surface area contributed by atoms with Crippen molar-refractivity contribution in [2.24, 2.45) is 5.73 Å². The third-order valence-corrected chi connectivity index (χ3v) is 3.70. The summed E-state index contributed by atoms with van der Waals surface area (Å²) in [7, 11) is 1.94. The van der Waals surface area contributed by atoms with E-state index in [1.165, 1.54) is 12.1 Å². The first-order valence-corrected chi connectivity index (χ1v) is 6.62. The van der Waals surface area contributed by atoms with Gasteiger partial charge in [-0.3, -0.25) is 4.79 Å². The van der Waals surface area contributed by atoms with Crippen LogP contribution in [0.15, 0.2) is 18.2 Å². The first-order valence-electron chi connectivity index (χ1n) is 6.62. The molecule has 19 heavy (non-hydrogen) atoms. The Balaban J connectivity index is 2.26. The molecule has 1 heterocycles. The van der Waals surface area contributed by atoms with Gasteiger partial charge in [-0.15, -0.1) is 0 Å². The van der Waals surface area contributed by atoms with Crippen molar-refractivity contribution in [2.45, 2.75) is 25.3 Å². The number of hydrogen-bond acceptors (Lipinski definition) is 3. The monoisotopic (exact) mass is 265 g/mol. The van der Waals surface area contributed by atoms with Crippen molar-refractivity contribution in [3.8, 4) is 0 Å². The molecule has 1 aliphatic heterocycles. The van der Waals surface area contributed by atoms with Crippen molar-refractivity contribution in [1.29, 1.82) is 0 Å². The number of amides is 1. The van der Waals surface area contributed by atoms with Gasteiger partial charge in [0.25, 0.3) is 5.91 Å². The topological polar surface area (TPSA) is 58.4 Å². The molecule has 0 aliphatic carbocycles. The van der Waals surface area contributed by atoms with Gasteiger partial charge in [-0.05, 0) is 50.6 Å². The summed E-state index contributed by atoms with van der Waals surface area (Å²) in [6.45, 7) is 1.98. The minimum Gasteiger partial charge on any atom is -0.371 e. The summed E-state index contributed by atoms with van der Waals surface area (Å²) in [5.41, 5.74) is 6.30. The van der Waals surface area contributed by atoms with E-state index < -0.39 is 11.7 Å². The molecule has 4 nitrogen and oxygen atoms in total. The molecular weight excluding hydrogens is 245 g/mol. The van der Waals surface area contributed by atoms with Crippen LogP contribution in [0.1, 0.15) is 29.6 Å². The maximum atomic E-state index is 13.2. The number of hydrogen-bond donors (Lipinski definition) is 2. The Hall–Kier alpha value is -1.62. The molecule has 1 saturated heterocycles. The predicted octanol–water partition coefficient (Wildman–Crippen LogP) is 1.50. The normalized spacial score (nSPS) is 19.8. The highest BCUT2D eigenvalue weighted by atomic mass is 19.1. The Morgan fingerprint density at radius 3 is 2.95 bits per heavy atom. The first kappa shape index (κ1) is 13.8. The van der Waals surface area contributed by atoms with Crippen molar-refractivity contribution in [3.05, 3.63) is 29.6 Å². The summed E-state index contributed by atoms with van der Waals surface area (Å²) in [5.74, 6) is -1.03. The standard InChI is InChI=1S/C14H20FN3O/c1-18(11-3-2-7-17-8-6-11)13-5-4-10(15)9-12(13)14(16)19/h4-5,9,11,17H,2-3,6-8H2,1H3,(H2,16,19). The third-order valence-electron chi connectivity index (χ3n) is 3.70. The number of nitrogens with two attached hydrogens (primary N) is 1. The van der Waals surface area contributed by atoms with E-state index in [0.717, 1.165) is 32.4 Å². The maximum absolute atomic E-state index is 13.2. The van der Waals surface area contributed by atoms with Crippen molar-refractivity contribution in [3.63, 3.8) is 0 Å². The van der Waals surface area contributed by atoms with E-state index >= 15 is 0 Å². The lowest BCUT2D eigenvalue weighted by molar-refractivity contribution is 0.1000. The lowest BCUT2D eigenvalue weighted by Crippen LogP contribution is -2.34. The van der Waals surface area contributed by atoms with Crippen LogP contribution >= 0.6 is 0 Å². The Labute approximate surface area is 112 Å². The third kappa shape index (κ3) is 3.23. The van der Waals surface area contributed by atoms with E-state index in [-0.39, 0.29) is 5.56 Å². The largest absolute Gasteiger partial charge is 0.371 e. The summed E-state index contributed by atoms with van der Waals surface area (Å²) in [4.78, 5) is 13.5. The highest BCUT2D eigenvalue weighted by Crippen LogP contribution is 2.25. The molecule has 0 spiro atoms. The fourth-order valence-electron chi connectivity index (χ4n) is 2.60. The highest BCUT2D eigenvalue weighted by molar-refractivity contribution is 5.98. The molecule has 1 fully saturated rings. The molecule has 0 radical (unpaired) electrons. The van der Waals surface area contributed by atoms with Gasteiger partial charge in [0.1, 0.15) is 5.82 Å². The second-order valence-electron chi connectivity index (χ2n) is 4.97. The van der Waals surface area contributed by atoms with Crippen LogP contribution in [0.3, 0.4) is 0 Å². The van der Waals surface area contributed by atoms with Gasteiger partial charge in [0.15, 0.2) is 0 Å². The number of carbonyl (C=O) groups is 1. The summed E-state index contributed by atoms with van der Waals surface area (Å²) in [5, 5.41) is 3.35. The van der Waals surface area contributed by atoms with Crippen molar-refractivity contribution >= 4 is 11.6 Å². The van der Waals surface area contributed by atoms with E-state index in [0.29, 0.717) is 11.7 Å². The average molecular weight is 265 g/mol. The van der Waals surface area contributed by atoms with E-state index in [1.54, 1.807) is 6.07 Å². The Bertz CT molecular complexity index is 456. The van der Waals surface area contributed by atoms with Gasteiger partial charge >= 0.3 is 0 Å². The van der Waals surface area contributed by atoms with Crippen molar-refractivity contribution in [2.75, 3.05) is 25.0 Å². The number of nitrogens with one attached hydrogen (secondary N) is 1. The van der Waals surface area contributed by atoms with Gasteiger partial charge in [0.05, 0.1) is 5.56 Å². The van der Waals surface area contributed by atoms with Gasteiger partial charge < -0.3 is 16.0 Å². The lowest BCUT2D eigenvalue weighted by Gasteiger charge is -2.30. The summed E-state index contributed by atoms with van der Waals surface area (Å²) < 4.78 is 13.2. The van der Waals surface area contributed by atoms with Crippen LogP contribution in [0.2, 0.25) is 0 Å². The molecule has 1 amide bonds.